The van der Waals surface area contributed by atoms with E-state index < -0.39 is 8.96 Å². The molecule has 0 aliphatic carbocycles. The molecular formula is C8H11FNSi. The van der Waals surface area contributed by atoms with E-state index in [4.69, 9.17) is 0 Å². The van der Waals surface area contributed by atoms with Gasteiger partial charge in [-0.1, -0.05) is 25.2 Å². The number of hydrogen-bond donors (Lipinski definition) is 1. The van der Waals surface area contributed by atoms with E-state index in [-0.39, 0.29) is 5.82 Å². The Morgan fingerprint density at radius 1 is 1.27 bits per heavy atom. The number of anilines is 1. The van der Waals surface area contributed by atoms with Crippen molar-refractivity contribution in [2.45, 2.75) is 13.1 Å². The lowest BCUT2D eigenvalue weighted by Crippen LogP contribution is -2.15. The summed E-state index contributed by atoms with van der Waals surface area (Å²) in [7, 11) is -0.599. The normalized spacial score (nSPS) is 10.2. The molecule has 0 aromatic heterocycles. The van der Waals surface area contributed by atoms with E-state index in [0.717, 1.165) is 0 Å². The highest BCUT2D eigenvalue weighted by Crippen LogP contribution is 2.12. The smallest absolute Gasteiger partial charge is 0.160 e. The maximum Gasteiger partial charge on any atom is 0.160 e. The van der Waals surface area contributed by atoms with Crippen LogP contribution < -0.4 is 4.98 Å². The monoisotopic (exact) mass is 168 g/mol. The molecule has 59 valence electrons. The molecule has 11 heavy (non-hydrogen) atoms. The topological polar surface area (TPSA) is 12.0 Å². The van der Waals surface area contributed by atoms with Gasteiger partial charge >= 0.3 is 0 Å². The SMILES string of the molecule is C[Si](C)Nc1ccccc1F. The number of hydrogen-bond acceptors (Lipinski definition) is 1. The Morgan fingerprint density at radius 3 is 2.45 bits per heavy atom. The van der Waals surface area contributed by atoms with Gasteiger partial charge in [-0.3, -0.25) is 0 Å². The number of benzene rings is 1. The molecule has 0 atom stereocenters. The molecule has 1 aromatic rings. The maximum absolute atomic E-state index is 12.9. The van der Waals surface area contributed by atoms with Gasteiger partial charge in [-0.05, 0) is 12.1 Å². The van der Waals surface area contributed by atoms with E-state index in [2.05, 4.69) is 18.1 Å². The Morgan fingerprint density at radius 2 is 1.91 bits per heavy atom. The van der Waals surface area contributed by atoms with E-state index in [1.165, 1.54) is 6.07 Å². The Hall–Kier alpha value is -0.833. The molecule has 1 rings (SSSR count). The standard InChI is InChI=1S/C8H11FNSi/c1-11(2)10-8-6-4-3-5-7(8)9/h3-6,10H,1-2H3. The fraction of sp³-hybridized carbons (Fsp3) is 0.250. The van der Waals surface area contributed by atoms with Crippen molar-refractivity contribution in [1.29, 1.82) is 0 Å². The zero-order chi connectivity index (χ0) is 8.27. The first kappa shape index (κ1) is 8.27. The largest absolute Gasteiger partial charge is 0.409 e. The molecule has 0 fully saturated rings. The van der Waals surface area contributed by atoms with Crippen molar-refractivity contribution in [3.8, 4) is 0 Å². The van der Waals surface area contributed by atoms with Gasteiger partial charge in [-0.15, -0.1) is 0 Å². The number of halogens is 1. The first-order valence-electron chi connectivity index (χ1n) is 3.52. The van der Waals surface area contributed by atoms with Crippen LogP contribution in [0.2, 0.25) is 13.1 Å². The summed E-state index contributed by atoms with van der Waals surface area (Å²) in [6, 6.07) is 6.74. The van der Waals surface area contributed by atoms with Crippen LogP contribution in [-0.2, 0) is 0 Å². The van der Waals surface area contributed by atoms with Crippen molar-refractivity contribution in [3.63, 3.8) is 0 Å². The second-order valence-corrected chi connectivity index (χ2v) is 4.85. The maximum atomic E-state index is 12.9. The summed E-state index contributed by atoms with van der Waals surface area (Å²) < 4.78 is 12.9. The number of para-hydroxylation sites is 1. The molecule has 0 aliphatic rings. The van der Waals surface area contributed by atoms with E-state index in [1.807, 2.05) is 6.07 Å². The summed E-state index contributed by atoms with van der Waals surface area (Å²) in [5.74, 6) is -0.168. The molecule has 0 aliphatic heterocycles. The third-order valence-electron chi connectivity index (χ3n) is 1.26. The molecule has 0 saturated carbocycles. The molecular weight excluding hydrogens is 157 g/mol. The molecule has 1 aromatic carbocycles. The van der Waals surface area contributed by atoms with Gasteiger partial charge in [0.1, 0.15) is 5.82 Å². The molecule has 0 unspecified atom stereocenters. The van der Waals surface area contributed by atoms with Gasteiger partial charge in [0.2, 0.25) is 0 Å². The van der Waals surface area contributed by atoms with E-state index in [0.29, 0.717) is 5.69 Å². The number of rotatable bonds is 2. The second-order valence-electron chi connectivity index (χ2n) is 2.60. The van der Waals surface area contributed by atoms with Crippen molar-refractivity contribution >= 4 is 14.6 Å². The molecule has 0 bridgehead atoms. The average Bonchev–Trinajstić information content (AvgIpc) is 1.93. The lowest BCUT2D eigenvalue weighted by molar-refractivity contribution is 0.632. The molecule has 0 amide bonds. The third-order valence-corrected chi connectivity index (χ3v) is 2.03. The van der Waals surface area contributed by atoms with Crippen LogP contribution in [0.5, 0.6) is 0 Å². The fourth-order valence-corrected chi connectivity index (χ4v) is 1.57. The van der Waals surface area contributed by atoms with Gasteiger partial charge in [0.15, 0.2) is 8.96 Å². The molecule has 1 N–H and O–H groups in total. The van der Waals surface area contributed by atoms with Crippen LogP contribution >= 0.6 is 0 Å². The zero-order valence-electron chi connectivity index (χ0n) is 6.69. The summed E-state index contributed by atoms with van der Waals surface area (Å²) in [5.41, 5.74) is 0.617. The lowest BCUT2D eigenvalue weighted by atomic mass is 10.3. The number of nitrogens with one attached hydrogen (secondary N) is 1. The van der Waals surface area contributed by atoms with Crippen LogP contribution in [0.25, 0.3) is 0 Å². The van der Waals surface area contributed by atoms with Crippen LogP contribution in [-0.4, -0.2) is 8.96 Å². The lowest BCUT2D eigenvalue weighted by Gasteiger charge is -2.07. The van der Waals surface area contributed by atoms with Crippen molar-refractivity contribution in [2.24, 2.45) is 0 Å². The Labute approximate surface area is 67.9 Å². The Balaban J connectivity index is 2.78. The van der Waals surface area contributed by atoms with Gasteiger partial charge in [-0.25, -0.2) is 4.39 Å². The molecule has 1 nitrogen and oxygen atoms in total. The van der Waals surface area contributed by atoms with Gasteiger partial charge < -0.3 is 4.98 Å². The molecule has 0 spiro atoms. The van der Waals surface area contributed by atoms with Crippen molar-refractivity contribution in [3.05, 3.63) is 30.1 Å². The van der Waals surface area contributed by atoms with Crippen molar-refractivity contribution < 1.29 is 4.39 Å². The minimum Gasteiger partial charge on any atom is -0.409 e. The molecule has 0 saturated heterocycles. The predicted molar refractivity (Wildman–Crippen MR) is 47.5 cm³/mol. The second kappa shape index (κ2) is 3.53. The quantitative estimate of drug-likeness (QED) is 0.669. The minimum atomic E-state index is -0.599. The minimum absolute atomic E-state index is 0.168. The van der Waals surface area contributed by atoms with Gasteiger partial charge in [0.25, 0.3) is 0 Å². The van der Waals surface area contributed by atoms with Gasteiger partial charge in [0.05, 0.1) is 5.69 Å². The predicted octanol–water partition coefficient (Wildman–Crippen LogP) is 2.49. The zero-order valence-corrected chi connectivity index (χ0v) is 7.69. The fourth-order valence-electron chi connectivity index (χ4n) is 0.832. The first-order valence-corrected chi connectivity index (χ1v) is 6.02. The first-order chi connectivity index (χ1) is 5.20. The Kier molecular flexibility index (Phi) is 2.65. The van der Waals surface area contributed by atoms with E-state index >= 15 is 0 Å². The van der Waals surface area contributed by atoms with E-state index in [9.17, 15) is 4.39 Å². The van der Waals surface area contributed by atoms with Gasteiger partial charge in [-0.2, -0.15) is 0 Å². The van der Waals surface area contributed by atoms with E-state index in [1.54, 1.807) is 12.1 Å². The van der Waals surface area contributed by atoms with Crippen LogP contribution in [0.3, 0.4) is 0 Å². The van der Waals surface area contributed by atoms with Crippen LogP contribution in [0.1, 0.15) is 0 Å². The summed E-state index contributed by atoms with van der Waals surface area (Å²) in [5, 5.41) is 0. The average molecular weight is 168 g/mol. The highest BCUT2D eigenvalue weighted by molar-refractivity contribution is 6.59. The van der Waals surface area contributed by atoms with Crippen molar-refractivity contribution in [2.75, 3.05) is 4.98 Å². The third kappa shape index (κ3) is 2.35. The van der Waals surface area contributed by atoms with Gasteiger partial charge in [0, 0.05) is 0 Å². The highest BCUT2D eigenvalue weighted by Gasteiger charge is 2.01. The summed E-state index contributed by atoms with van der Waals surface area (Å²) >= 11 is 0. The summed E-state index contributed by atoms with van der Waals surface area (Å²) in [6.45, 7) is 4.16. The molecule has 0 heterocycles. The molecule has 1 radical (unpaired) electrons. The summed E-state index contributed by atoms with van der Waals surface area (Å²) in [6.07, 6.45) is 0. The van der Waals surface area contributed by atoms with Crippen LogP contribution in [0, 0.1) is 5.82 Å². The highest BCUT2D eigenvalue weighted by atomic mass is 28.3. The van der Waals surface area contributed by atoms with Crippen LogP contribution in [0.4, 0.5) is 10.1 Å². The molecule has 3 heteroatoms. The van der Waals surface area contributed by atoms with Crippen LogP contribution in [0.15, 0.2) is 24.3 Å². The summed E-state index contributed by atoms with van der Waals surface area (Å²) in [4.78, 5) is 3.10. The van der Waals surface area contributed by atoms with Crippen molar-refractivity contribution in [1.82, 2.24) is 0 Å². The Bertz CT molecular complexity index is 237.